The van der Waals surface area contributed by atoms with Gasteiger partial charge in [-0.2, -0.15) is 4.31 Å². The van der Waals surface area contributed by atoms with Crippen molar-refractivity contribution < 1.29 is 13.2 Å². The number of aryl methyl sites for hydroxylation is 1. The molecule has 1 amide bonds. The van der Waals surface area contributed by atoms with Gasteiger partial charge >= 0.3 is 0 Å². The van der Waals surface area contributed by atoms with E-state index in [1.165, 1.54) is 9.87 Å². The molecule has 2 rings (SSSR count). The molecule has 7 heteroatoms. The predicted molar refractivity (Wildman–Crippen MR) is 92.1 cm³/mol. The van der Waals surface area contributed by atoms with Gasteiger partial charge in [0.25, 0.3) is 0 Å². The molecule has 0 saturated carbocycles. The van der Waals surface area contributed by atoms with E-state index in [-0.39, 0.29) is 18.2 Å². The summed E-state index contributed by atoms with van der Waals surface area (Å²) in [6.45, 7) is 6.31. The number of hydrogen-bond acceptors (Lipinski definition) is 4. The Balaban J connectivity index is 1.86. The molecule has 1 heterocycles. The van der Waals surface area contributed by atoms with E-state index in [0.717, 1.165) is 5.69 Å². The molecule has 23 heavy (non-hydrogen) atoms. The quantitative estimate of drug-likeness (QED) is 0.838. The summed E-state index contributed by atoms with van der Waals surface area (Å²) in [5.74, 6) is -0.159. The number of carbonyl (C=O) groups is 1. The third-order valence-electron chi connectivity index (χ3n) is 4.00. The molecule has 1 aromatic carbocycles. The van der Waals surface area contributed by atoms with Crippen molar-refractivity contribution in [2.24, 2.45) is 0 Å². The van der Waals surface area contributed by atoms with Crippen LogP contribution in [0, 0.1) is 6.92 Å². The first kappa shape index (κ1) is 17.7. The van der Waals surface area contributed by atoms with Gasteiger partial charge < -0.3 is 10.2 Å². The number of rotatable bonds is 6. The number of sulfonamides is 1. The van der Waals surface area contributed by atoms with Gasteiger partial charge in [0.1, 0.15) is 0 Å². The summed E-state index contributed by atoms with van der Waals surface area (Å²) >= 11 is 0. The van der Waals surface area contributed by atoms with Crippen molar-refractivity contribution in [3.8, 4) is 0 Å². The fraction of sp³-hybridized carbons (Fsp3) is 0.562. The van der Waals surface area contributed by atoms with Crippen LogP contribution in [0.4, 0.5) is 5.69 Å². The van der Waals surface area contributed by atoms with Gasteiger partial charge in [-0.3, -0.25) is 4.79 Å². The molecule has 0 unspecified atom stereocenters. The van der Waals surface area contributed by atoms with Gasteiger partial charge in [0.2, 0.25) is 15.9 Å². The zero-order valence-electron chi connectivity index (χ0n) is 13.8. The van der Waals surface area contributed by atoms with Crippen LogP contribution in [0.2, 0.25) is 0 Å². The fourth-order valence-electron chi connectivity index (χ4n) is 2.62. The number of benzene rings is 1. The van der Waals surface area contributed by atoms with E-state index in [4.69, 9.17) is 0 Å². The van der Waals surface area contributed by atoms with Crippen LogP contribution in [0.25, 0.3) is 0 Å². The third kappa shape index (κ3) is 4.94. The van der Waals surface area contributed by atoms with Crippen molar-refractivity contribution in [2.45, 2.75) is 20.3 Å². The van der Waals surface area contributed by atoms with Crippen molar-refractivity contribution in [3.63, 3.8) is 0 Å². The lowest BCUT2D eigenvalue weighted by atomic mass is 10.2. The fourth-order valence-corrected chi connectivity index (χ4v) is 3.96. The molecule has 1 aromatic rings. The standard InChI is InChI=1S/C16H25N3O3S/c1-3-16(20)17-7-12-23(21,22)19-10-8-18(9-11-19)15-6-4-5-14(2)13-15/h4-6,13H,3,7-12H2,1-2H3,(H,17,20). The molecule has 1 fully saturated rings. The Bertz CT molecular complexity index is 638. The highest BCUT2D eigenvalue weighted by Crippen LogP contribution is 2.18. The molecule has 0 aromatic heterocycles. The molecule has 6 nitrogen and oxygen atoms in total. The van der Waals surface area contributed by atoms with Crippen LogP contribution in [0.5, 0.6) is 0 Å². The van der Waals surface area contributed by atoms with Gasteiger partial charge in [0, 0.05) is 44.8 Å². The van der Waals surface area contributed by atoms with E-state index in [1.807, 2.05) is 6.07 Å². The van der Waals surface area contributed by atoms with Crippen molar-refractivity contribution in [1.82, 2.24) is 9.62 Å². The summed E-state index contributed by atoms with van der Waals surface area (Å²) in [7, 11) is -3.31. The van der Waals surface area contributed by atoms with Gasteiger partial charge in [0.05, 0.1) is 5.75 Å². The van der Waals surface area contributed by atoms with E-state index in [2.05, 4.69) is 35.3 Å². The number of anilines is 1. The predicted octanol–water partition coefficient (Wildman–Crippen LogP) is 0.973. The summed E-state index contributed by atoms with van der Waals surface area (Å²) in [5.41, 5.74) is 2.33. The van der Waals surface area contributed by atoms with Gasteiger partial charge in [0.15, 0.2) is 0 Å². The second-order valence-electron chi connectivity index (χ2n) is 5.74. The highest BCUT2D eigenvalue weighted by Gasteiger charge is 2.26. The van der Waals surface area contributed by atoms with E-state index in [1.54, 1.807) is 6.92 Å². The van der Waals surface area contributed by atoms with Gasteiger partial charge in [-0.25, -0.2) is 8.42 Å². The highest BCUT2D eigenvalue weighted by molar-refractivity contribution is 7.89. The van der Waals surface area contributed by atoms with Crippen LogP contribution < -0.4 is 10.2 Å². The van der Waals surface area contributed by atoms with E-state index < -0.39 is 10.0 Å². The maximum atomic E-state index is 12.3. The summed E-state index contributed by atoms with van der Waals surface area (Å²) in [6.07, 6.45) is 0.370. The Morgan fingerprint density at radius 2 is 1.91 bits per heavy atom. The third-order valence-corrected chi connectivity index (χ3v) is 5.87. The molecular weight excluding hydrogens is 314 g/mol. The Hall–Kier alpha value is -1.60. The Kier molecular flexibility index (Phi) is 6.01. The lowest BCUT2D eigenvalue weighted by molar-refractivity contribution is -0.120. The Morgan fingerprint density at radius 1 is 1.22 bits per heavy atom. The van der Waals surface area contributed by atoms with Crippen LogP contribution in [-0.2, 0) is 14.8 Å². The molecule has 1 N–H and O–H groups in total. The molecular formula is C16H25N3O3S. The summed E-state index contributed by atoms with van der Waals surface area (Å²) in [5, 5.41) is 2.61. The average molecular weight is 339 g/mol. The average Bonchev–Trinajstić information content (AvgIpc) is 2.54. The Labute approximate surface area is 138 Å². The minimum atomic E-state index is -3.31. The number of nitrogens with zero attached hydrogens (tertiary/aromatic N) is 2. The van der Waals surface area contributed by atoms with Crippen LogP contribution in [0.3, 0.4) is 0 Å². The monoisotopic (exact) mass is 339 g/mol. The molecule has 0 spiro atoms. The van der Waals surface area contributed by atoms with E-state index in [0.29, 0.717) is 32.6 Å². The maximum Gasteiger partial charge on any atom is 0.219 e. The number of carbonyl (C=O) groups excluding carboxylic acids is 1. The minimum absolute atomic E-state index is 0.0385. The summed E-state index contributed by atoms with van der Waals surface area (Å²) < 4.78 is 26.1. The van der Waals surface area contributed by atoms with Crippen molar-refractivity contribution >= 4 is 21.6 Å². The first-order chi connectivity index (χ1) is 10.9. The second kappa shape index (κ2) is 7.79. The molecule has 128 valence electrons. The topological polar surface area (TPSA) is 69.7 Å². The van der Waals surface area contributed by atoms with Crippen molar-refractivity contribution in [3.05, 3.63) is 29.8 Å². The lowest BCUT2D eigenvalue weighted by Gasteiger charge is -2.35. The molecule has 1 saturated heterocycles. The van der Waals surface area contributed by atoms with Crippen LogP contribution >= 0.6 is 0 Å². The smallest absolute Gasteiger partial charge is 0.219 e. The minimum Gasteiger partial charge on any atom is -0.369 e. The number of hydrogen-bond donors (Lipinski definition) is 1. The first-order valence-electron chi connectivity index (χ1n) is 7.98. The van der Waals surface area contributed by atoms with Gasteiger partial charge in [-0.05, 0) is 24.6 Å². The molecule has 1 aliphatic heterocycles. The molecule has 1 aliphatic rings. The van der Waals surface area contributed by atoms with Gasteiger partial charge in [-0.1, -0.05) is 19.1 Å². The van der Waals surface area contributed by atoms with Crippen LogP contribution in [0.15, 0.2) is 24.3 Å². The number of nitrogens with one attached hydrogen (secondary N) is 1. The summed E-state index contributed by atoms with van der Waals surface area (Å²) in [4.78, 5) is 13.4. The van der Waals surface area contributed by atoms with Crippen molar-refractivity contribution in [2.75, 3.05) is 43.4 Å². The molecule has 0 bridgehead atoms. The van der Waals surface area contributed by atoms with E-state index in [9.17, 15) is 13.2 Å². The van der Waals surface area contributed by atoms with Crippen LogP contribution in [-0.4, -0.2) is 57.1 Å². The van der Waals surface area contributed by atoms with Crippen LogP contribution in [0.1, 0.15) is 18.9 Å². The highest BCUT2D eigenvalue weighted by atomic mass is 32.2. The maximum absolute atomic E-state index is 12.3. The summed E-state index contributed by atoms with van der Waals surface area (Å²) in [6, 6.07) is 8.24. The second-order valence-corrected chi connectivity index (χ2v) is 7.83. The molecule has 0 atom stereocenters. The van der Waals surface area contributed by atoms with Gasteiger partial charge in [-0.15, -0.1) is 0 Å². The lowest BCUT2D eigenvalue weighted by Crippen LogP contribution is -2.50. The molecule has 0 aliphatic carbocycles. The number of piperazine rings is 1. The SMILES string of the molecule is CCC(=O)NCCS(=O)(=O)N1CCN(c2cccc(C)c2)CC1. The zero-order chi connectivity index (χ0) is 16.9. The Morgan fingerprint density at radius 3 is 2.52 bits per heavy atom. The number of amides is 1. The van der Waals surface area contributed by atoms with E-state index >= 15 is 0 Å². The normalized spacial score (nSPS) is 16.3. The largest absolute Gasteiger partial charge is 0.369 e. The zero-order valence-corrected chi connectivity index (χ0v) is 14.6. The first-order valence-corrected chi connectivity index (χ1v) is 9.59. The molecule has 0 radical (unpaired) electrons. The van der Waals surface area contributed by atoms with Crippen molar-refractivity contribution in [1.29, 1.82) is 0 Å².